The molecule has 8 heteroatoms. The lowest BCUT2D eigenvalue weighted by Gasteiger charge is -2.06. The van der Waals surface area contributed by atoms with Crippen molar-refractivity contribution in [3.05, 3.63) is 54.2 Å². The fourth-order valence-electron chi connectivity index (χ4n) is 2.24. The molecule has 0 aliphatic heterocycles. The molecule has 0 saturated carbocycles. The molecule has 0 bridgehead atoms. The van der Waals surface area contributed by atoms with E-state index in [1.165, 1.54) is 0 Å². The number of benzene rings is 1. The minimum absolute atomic E-state index is 0. The van der Waals surface area contributed by atoms with Crippen LogP contribution in [0.25, 0.3) is 11.3 Å². The molecule has 2 rings (SSSR count). The molecule has 0 aliphatic rings. The average molecular weight is 385 g/mol. The number of hydrogen-bond donors (Lipinski definition) is 3. The van der Waals surface area contributed by atoms with E-state index in [0.29, 0.717) is 18.4 Å². The van der Waals surface area contributed by atoms with Gasteiger partial charge in [-0.3, -0.25) is 9.78 Å². The first-order chi connectivity index (χ1) is 11.2. The van der Waals surface area contributed by atoms with Crippen LogP contribution in [0.3, 0.4) is 0 Å². The second kappa shape index (κ2) is 12.7. The van der Waals surface area contributed by atoms with Crippen molar-refractivity contribution >= 4 is 37.8 Å². The quantitative estimate of drug-likeness (QED) is 0.482. The number of carbonyl (C=O) groups is 1. The first-order valence-corrected chi connectivity index (χ1v) is 7.82. The number of nitrogens with one attached hydrogen (secondary N) is 1. The highest BCUT2D eigenvalue weighted by Crippen LogP contribution is 2.16. The molecule has 25 heavy (non-hydrogen) atoms. The largest absolute Gasteiger partial charge is 0.451 e. The molecule has 3 N–H and O–H groups in total. The number of halogens is 2. The maximum atomic E-state index is 12.0. The summed E-state index contributed by atoms with van der Waals surface area (Å²) in [7, 11) is -1.24. The summed E-state index contributed by atoms with van der Waals surface area (Å²) < 4.78 is 0. The molecular weight excluding hydrogens is 362 g/mol. The molecule has 1 amide bonds. The minimum atomic E-state index is -1.24. The molecule has 5 nitrogen and oxygen atoms in total. The van der Waals surface area contributed by atoms with Crippen LogP contribution < -0.4 is 5.32 Å². The van der Waals surface area contributed by atoms with Gasteiger partial charge in [0.1, 0.15) is 0 Å². The second-order valence-corrected chi connectivity index (χ2v) is 5.38. The maximum Gasteiger partial charge on any atom is 0.451 e. The van der Waals surface area contributed by atoms with Crippen LogP contribution in [0.2, 0.25) is 6.32 Å². The minimum Gasteiger partial charge on any atom is -0.427 e. The summed E-state index contributed by atoms with van der Waals surface area (Å²) in [6.45, 7) is 0.570. The summed E-state index contributed by atoms with van der Waals surface area (Å²) >= 11 is 0. The van der Waals surface area contributed by atoms with Crippen LogP contribution in [0.4, 0.5) is 0 Å². The molecule has 136 valence electrons. The zero-order valence-corrected chi connectivity index (χ0v) is 15.4. The zero-order chi connectivity index (χ0) is 16.5. The Morgan fingerprint density at radius 2 is 1.72 bits per heavy atom. The van der Waals surface area contributed by atoms with Crippen molar-refractivity contribution in [1.82, 2.24) is 10.3 Å². The molecule has 0 atom stereocenters. The van der Waals surface area contributed by atoms with Gasteiger partial charge in [0, 0.05) is 18.3 Å². The Kier molecular flexibility index (Phi) is 11.9. The predicted molar refractivity (Wildman–Crippen MR) is 105 cm³/mol. The lowest BCUT2D eigenvalue weighted by Crippen LogP contribution is -2.24. The molecule has 2 aromatic rings. The first kappa shape index (κ1) is 23.4. The topological polar surface area (TPSA) is 82.5 Å². The van der Waals surface area contributed by atoms with E-state index in [0.717, 1.165) is 30.5 Å². The molecular formula is C17H23BCl2N2O3. The lowest BCUT2D eigenvalue weighted by molar-refractivity contribution is 0.0952. The lowest BCUT2D eigenvalue weighted by atomic mass is 9.83. The van der Waals surface area contributed by atoms with E-state index in [1.807, 2.05) is 36.4 Å². The Bertz CT molecular complexity index is 613. The monoisotopic (exact) mass is 384 g/mol. The molecule has 0 fully saturated rings. The molecule has 1 heterocycles. The van der Waals surface area contributed by atoms with Gasteiger partial charge < -0.3 is 15.4 Å². The highest BCUT2D eigenvalue weighted by molar-refractivity contribution is 6.40. The molecule has 0 spiro atoms. The van der Waals surface area contributed by atoms with E-state index in [1.54, 1.807) is 12.3 Å². The highest BCUT2D eigenvalue weighted by Gasteiger charge is 2.07. The Labute approximate surface area is 160 Å². The van der Waals surface area contributed by atoms with E-state index >= 15 is 0 Å². The Hall–Kier alpha value is -1.60. The number of unbranched alkanes of at least 4 members (excludes halogenated alkanes) is 2. The van der Waals surface area contributed by atoms with Crippen molar-refractivity contribution in [1.29, 1.82) is 0 Å². The van der Waals surface area contributed by atoms with E-state index < -0.39 is 7.12 Å². The molecule has 1 aromatic carbocycles. The Morgan fingerprint density at radius 1 is 1.00 bits per heavy atom. The van der Waals surface area contributed by atoms with Gasteiger partial charge in [-0.05, 0) is 24.9 Å². The van der Waals surface area contributed by atoms with E-state index in [2.05, 4.69) is 10.3 Å². The summed E-state index contributed by atoms with van der Waals surface area (Å²) in [5.74, 6) is -0.140. The van der Waals surface area contributed by atoms with E-state index in [-0.39, 0.29) is 30.7 Å². The standard InChI is InChI=1S/C17H21BN2O3.2ClH/c21-17(19-12-6-2-5-11-18(22)23)15-9-10-16(20-13-15)14-7-3-1-4-8-14;;/h1,3-4,7-10,13,22-23H,2,5-6,11-12H2,(H,19,21);2*1H. The fourth-order valence-corrected chi connectivity index (χ4v) is 2.24. The van der Waals surface area contributed by atoms with Gasteiger partial charge in [-0.15, -0.1) is 24.8 Å². The van der Waals surface area contributed by atoms with Gasteiger partial charge in [0.05, 0.1) is 11.3 Å². The number of nitrogens with zero attached hydrogens (tertiary/aromatic N) is 1. The number of aromatic nitrogens is 1. The van der Waals surface area contributed by atoms with Crippen LogP contribution in [0.1, 0.15) is 29.6 Å². The molecule has 0 radical (unpaired) electrons. The van der Waals surface area contributed by atoms with Crippen molar-refractivity contribution in [2.75, 3.05) is 6.54 Å². The summed E-state index contributed by atoms with van der Waals surface area (Å²) in [4.78, 5) is 16.3. The third-order valence-electron chi connectivity index (χ3n) is 3.52. The number of rotatable bonds is 8. The summed E-state index contributed by atoms with van der Waals surface area (Å²) in [6, 6.07) is 13.4. The van der Waals surface area contributed by atoms with Crippen molar-refractivity contribution in [3.8, 4) is 11.3 Å². The SMILES string of the molecule is Cl.Cl.O=C(NCCCCCB(O)O)c1ccc(-c2ccccc2)nc1. The van der Waals surface area contributed by atoms with Gasteiger partial charge in [-0.25, -0.2) is 0 Å². The molecule has 0 saturated heterocycles. The third kappa shape index (κ3) is 8.36. The number of hydrogen-bond acceptors (Lipinski definition) is 4. The van der Waals surface area contributed by atoms with Crippen LogP contribution in [0, 0.1) is 0 Å². The maximum absolute atomic E-state index is 12.0. The van der Waals surface area contributed by atoms with Crippen molar-refractivity contribution < 1.29 is 14.8 Å². The van der Waals surface area contributed by atoms with E-state index in [4.69, 9.17) is 10.0 Å². The van der Waals surface area contributed by atoms with Gasteiger partial charge in [-0.2, -0.15) is 0 Å². The van der Waals surface area contributed by atoms with Crippen molar-refractivity contribution in [3.63, 3.8) is 0 Å². The number of amides is 1. The van der Waals surface area contributed by atoms with Crippen LogP contribution >= 0.6 is 24.8 Å². The first-order valence-electron chi connectivity index (χ1n) is 7.82. The van der Waals surface area contributed by atoms with Gasteiger partial charge in [0.15, 0.2) is 0 Å². The average Bonchev–Trinajstić information content (AvgIpc) is 2.58. The highest BCUT2D eigenvalue weighted by atomic mass is 35.5. The summed E-state index contributed by atoms with van der Waals surface area (Å²) in [5.41, 5.74) is 2.39. The Morgan fingerprint density at radius 3 is 2.32 bits per heavy atom. The third-order valence-corrected chi connectivity index (χ3v) is 3.52. The zero-order valence-electron chi connectivity index (χ0n) is 13.8. The molecule has 0 aliphatic carbocycles. The number of carbonyl (C=O) groups excluding carboxylic acids is 1. The van der Waals surface area contributed by atoms with Crippen LogP contribution in [-0.4, -0.2) is 34.6 Å². The smallest absolute Gasteiger partial charge is 0.427 e. The van der Waals surface area contributed by atoms with Crippen LogP contribution in [-0.2, 0) is 0 Å². The van der Waals surface area contributed by atoms with Gasteiger partial charge >= 0.3 is 7.12 Å². The molecule has 1 aromatic heterocycles. The predicted octanol–water partition coefficient (Wildman–Crippen LogP) is 2.97. The van der Waals surface area contributed by atoms with Crippen LogP contribution in [0.5, 0.6) is 0 Å². The summed E-state index contributed by atoms with van der Waals surface area (Å²) in [6.07, 6.45) is 4.36. The fraction of sp³-hybridized carbons (Fsp3) is 0.294. The van der Waals surface area contributed by atoms with Gasteiger partial charge in [-0.1, -0.05) is 43.2 Å². The number of pyridine rings is 1. The summed E-state index contributed by atoms with van der Waals surface area (Å²) in [5, 5.41) is 20.3. The van der Waals surface area contributed by atoms with Gasteiger partial charge in [0.2, 0.25) is 0 Å². The second-order valence-electron chi connectivity index (χ2n) is 5.38. The van der Waals surface area contributed by atoms with E-state index in [9.17, 15) is 4.79 Å². The van der Waals surface area contributed by atoms with Crippen molar-refractivity contribution in [2.24, 2.45) is 0 Å². The molecule has 0 unspecified atom stereocenters. The Balaban J connectivity index is 0.00000288. The van der Waals surface area contributed by atoms with Crippen molar-refractivity contribution in [2.45, 2.75) is 25.6 Å². The van der Waals surface area contributed by atoms with Gasteiger partial charge in [0.25, 0.3) is 5.91 Å². The van der Waals surface area contributed by atoms with Crippen LogP contribution in [0.15, 0.2) is 48.7 Å². The normalized spacial score (nSPS) is 9.52.